The molecule has 1 heterocycles. The van der Waals surface area contributed by atoms with Crippen LogP contribution in [0.4, 0.5) is 0 Å². The van der Waals surface area contributed by atoms with Gasteiger partial charge in [0, 0.05) is 18.5 Å². The number of carbonyl (C=O) groups excluding carboxylic acids is 2. The molecule has 1 rings (SSSR count). The number of esters is 1. The molecular weight excluding hydrogens is 264 g/mol. The highest BCUT2D eigenvalue weighted by Crippen LogP contribution is 2.13. The molecule has 0 saturated heterocycles. The van der Waals surface area contributed by atoms with Crippen LogP contribution < -0.4 is 0 Å². The lowest BCUT2D eigenvalue weighted by atomic mass is 10.3. The van der Waals surface area contributed by atoms with Crippen LogP contribution in [0.1, 0.15) is 40.6 Å². The van der Waals surface area contributed by atoms with Crippen LogP contribution >= 0.6 is 11.3 Å². The molecule has 0 saturated carbocycles. The predicted octanol–water partition coefficient (Wildman–Crippen LogP) is 2.36. The van der Waals surface area contributed by atoms with Crippen LogP contribution in [0, 0.1) is 0 Å². The maximum atomic E-state index is 12.2. The van der Waals surface area contributed by atoms with Gasteiger partial charge in [0.15, 0.2) is 0 Å². The second kappa shape index (κ2) is 7.68. The largest absolute Gasteiger partial charge is 0.461 e. The summed E-state index contributed by atoms with van der Waals surface area (Å²) >= 11 is 1.12. The van der Waals surface area contributed by atoms with E-state index in [1.165, 1.54) is 0 Å². The molecule has 0 aromatic carbocycles. The second-order valence-electron chi connectivity index (χ2n) is 3.80. The van der Waals surface area contributed by atoms with Gasteiger partial charge in [-0.1, -0.05) is 13.0 Å². The van der Waals surface area contributed by atoms with Crippen molar-refractivity contribution in [2.45, 2.75) is 20.3 Å². The molecule has 1 amide bonds. The van der Waals surface area contributed by atoms with Crippen molar-refractivity contribution in [2.75, 3.05) is 19.7 Å². The average molecular weight is 282 g/mol. The van der Waals surface area contributed by atoms with Gasteiger partial charge in [-0.15, -0.1) is 17.9 Å². The third-order valence-corrected chi connectivity index (χ3v) is 3.13. The van der Waals surface area contributed by atoms with Crippen LogP contribution in [-0.4, -0.2) is 41.5 Å². The summed E-state index contributed by atoms with van der Waals surface area (Å²) in [5.74, 6) is -0.675. The summed E-state index contributed by atoms with van der Waals surface area (Å²) < 4.78 is 4.84. The summed E-state index contributed by atoms with van der Waals surface area (Å²) in [5, 5.41) is 1.79. The normalized spacial score (nSPS) is 10.0. The molecule has 0 unspecified atom stereocenters. The van der Waals surface area contributed by atoms with Crippen molar-refractivity contribution in [3.63, 3.8) is 0 Å². The van der Waals surface area contributed by atoms with Crippen molar-refractivity contribution in [1.29, 1.82) is 0 Å². The number of aromatic nitrogens is 1. The predicted molar refractivity (Wildman–Crippen MR) is 74.5 cm³/mol. The van der Waals surface area contributed by atoms with Crippen LogP contribution in [0.25, 0.3) is 0 Å². The average Bonchev–Trinajstić information content (AvgIpc) is 2.87. The summed E-state index contributed by atoms with van der Waals surface area (Å²) in [6.45, 7) is 8.75. The third kappa shape index (κ3) is 4.17. The smallest absolute Gasteiger partial charge is 0.367 e. The van der Waals surface area contributed by atoms with E-state index in [9.17, 15) is 9.59 Å². The maximum Gasteiger partial charge on any atom is 0.367 e. The van der Waals surface area contributed by atoms with E-state index in [1.807, 2.05) is 6.92 Å². The van der Waals surface area contributed by atoms with Gasteiger partial charge in [-0.2, -0.15) is 0 Å². The molecule has 0 atom stereocenters. The van der Waals surface area contributed by atoms with E-state index in [1.54, 1.807) is 23.3 Å². The van der Waals surface area contributed by atoms with Crippen molar-refractivity contribution in [1.82, 2.24) is 9.88 Å². The Morgan fingerprint density at radius 3 is 2.84 bits per heavy atom. The molecule has 0 spiro atoms. The van der Waals surface area contributed by atoms with Gasteiger partial charge in [-0.25, -0.2) is 9.78 Å². The van der Waals surface area contributed by atoms with E-state index in [0.717, 1.165) is 17.8 Å². The van der Waals surface area contributed by atoms with Crippen molar-refractivity contribution in [3.8, 4) is 0 Å². The quantitative estimate of drug-likeness (QED) is 0.569. The summed E-state index contributed by atoms with van der Waals surface area (Å²) in [4.78, 5) is 29.4. The van der Waals surface area contributed by atoms with Gasteiger partial charge in [0.1, 0.15) is 5.69 Å². The first-order valence-electron chi connectivity index (χ1n) is 6.16. The van der Waals surface area contributed by atoms with Crippen LogP contribution in [0.2, 0.25) is 0 Å². The molecule has 104 valence electrons. The van der Waals surface area contributed by atoms with E-state index in [-0.39, 0.29) is 16.6 Å². The first kappa shape index (κ1) is 15.4. The van der Waals surface area contributed by atoms with Crippen LogP contribution in [0.15, 0.2) is 18.0 Å². The minimum absolute atomic E-state index is 0.187. The van der Waals surface area contributed by atoms with E-state index < -0.39 is 5.97 Å². The van der Waals surface area contributed by atoms with Gasteiger partial charge < -0.3 is 9.64 Å². The second-order valence-corrected chi connectivity index (χ2v) is 4.66. The summed E-state index contributed by atoms with van der Waals surface area (Å²) in [6.07, 6.45) is 2.53. The molecular formula is C13H18N2O3S. The fourth-order valence-electron chi connectivity index (χ4n) is 1.52. The van der Waals surface area contributed by atoms with Crippen molar-refractivity contribution in [2.24, 2.45) is 0 Å². The number of amides is 1. The lowest BCUT2D eigenvalue weighted by Crippen LogP contribution is -2.32. The zero-order valence-corrected chi connectivity index (χ0v) is 12.0. The SMILES string of the molecule is C=CCN(CCC)C(=O)c1csc(C(=O)OCC)n1. The molecule has 0 radical (unpaired) electrons. The minimum Gasteiger partial charge on any atom is -0.461 e. The molecule has 19 heavy (non-hydrogen) atoms. The zero-order chi connectivity index (χ0) is 14.3. The van der Waals surface area contributed by atoms with Crippen LogP contribution in [-0.2, 0) is 4.74 Å². The van der Waals surface area contributed by atoms with Crippen LogP contribution in [0.3, 0.4) is 0 Å². The topological polar surface area (TPSA) is 59.5 Å². The summed E-state index contributed by atoms with van der Waals surface area (Å²) in [6, 6.07) is 0. The van der Waals surface area contributed by atoms with Crippen LogP contribution in [0.5, 0.6) is 0 Å². The minimum atomic E-state index is -0.489. The maximum absolute atomic E-state index is 12.2. The number of hydrogen-bond donors (Lipinski definition) is 0. The standard InChI is InChI=1S/C13H18N2O3S/c1-4-7-15(8-5-2)12(16)10-9-19-11(14-10)13(17)18-6-3/h4,9H,1,5-8H2,2-3H3. The molecule has 0 N–H and O–H groups in total. The van der Waals surface area contributed by atoms with Crippen molar-refractivity contribution < 1.29 is 14.3 Å². The number of hydrogen-bond acceptors (Lipinski definition) is 5. The summed E-state index contributed by atoms with van der Waals surface area (Å²) in [7, 11) is 0. The number of carbonyl (C=O) groups is 2. The lowest BCUT2D eigenvalue weighted by Gasteiger charge is -2.18. The van der Waals surface area contributed by atoms with Gasteiger partial charge >= 0.3 is 5.97 Å². The lowest BCUT2D eigenvalue weighted by molar-refractivity contribution is 0.0526. The van der Waals surface area contributed by atoms with E-state index >= 15 is 0 Å². The highest BCUT2D eigenvalue weighted by Gasteiger charge is 2.20. The Morgan fingerprint density at radius 2 is 2.26 bits per heavy atom. The van der Waals surface area contributed by atoms with Gasteiger partial charge in [-0.05, 0) is 13.3 Å². The van der Waals surface area contributed by atoms with Crippen molar-refractivity contribution >= 4 is 23.2 Å². The molecule has 5 nitrogen and oxygen atoms in total. The summed E-state index contributed by atoms with van der Waals surface area (Å²) in [5.41, 5.74) is 0.281. The molecule has 1 aromatic rings. The Labute approximate surface area is 116 Å². The number of nitrogens with zero attached hydrogens (tertiary/aromatic N) is 2. The number of ether oxygens (including phenoxy) is 1. The van der Waals surface area contributed by atoms with E-state index in [0.29, 0.717) is 19.7 Å². The first-order chi connectivity index (χ1) is 9.13. The Morgan fingerprint density at radius 1 is 1.53 bits per heavy atom. The van der Waals surface area contributed by atoms with E-state index in [4.69, 9.17) is 4.74 Å². The Hall–Kier alpha value is -1.69. The fraction of sp³-hybridized carbons (Fsp3) is 0.462. The van der Waals surface area contributed by atoms with Crippen molar-refractivity contribution in [3.05, 3.63) is 28.7 Å². The Bertz CT molecular complexity index is 456. The molecule has 0 aliphatic carbocycles. The highest BCUT2D eigenvalue weighted by molar-refractivity contribution is 7.11. The van der Waals surface area contributed by atoms with Gasteiger partial charge in [0.25, 0.3) is 5.91 Å². The molecule has 0 aliphatic rings. The number of rotatable bonds is 7. The monoisotopic (exact) mass is 282 g/mol. The molecule has 6 heteroatoms. The first-order valence-corrected chi connectivity index (χ1v) is 7.04. The molecule has 0 aliphatic heterocycles. The van der Waals surface area contributed by atoms with Gasteiger partial charge in [0.05, 0.1) is 6.61 Å². The third-order valence-electron chi connectivity index (χ3n) is 2.30. The fourth-order valence-corrected chi connectivity index (χ4v) is 2.21. The molecule has 0 fully saturated rings. The Kier molecular flexibility index (Phi) is 6.21. The Balaban J connectivity index is 2.81. The highest BCUT2D eigenvalue weighted by atomic mass is 32.1. The van der Waals surface area contributed by atoms with E-state index in [2.05, 4.69) is 11.6 Å². The zero-order valence-electron chi connectivity index (χ0n) is 11.2. The van der Waals surface area contributed by atoms with Gasteiger partial charge in [0.2, 0.25) is 5.01 Å². The molecule has 0 bridgehead atoms. The molecule has 1 aromatic heterocycles. The number of thiazole rings is 1. The van der Waals surface area contributed by atoms with Gasteiger partial charge in [-0.3, -0.25) is 4.79 Å².